The molecule has 1 amide bonds. The topological polar surface area (TPSA) is 88.8 Å². The van der Waals surface area contributed by atoms with Crippen molar-refractivity contribution in [3.63, 3.8) is 0 Å². The minimum Gasteiger partial charge on any atom is -0.466 e. The van der Waals surface area contributed by atoms with Gasteiger partial charge in [-0.15, -0.1) is 0 Å². The highest BCUT2D eigenvalue weighted by molar-refractivity contribution is 6.30. The largest absolute Gasteiger partial charge is 0.466 e. The first-order chi connectivity index (χ1) is 16.9. The van der Waals surface area contributed by atoms with Crippen LogP contribution in [0.15, 0.2) is 48.7 Å². The Morgan fingerprint density at radius 2 is 1.71 bits per heavy atom. The molecule has 35 heavy (non-hydrogen) atoms. The number of piperidine rings is 2. The van der Waals surface area contributed by atoms with Crippen LogP contribution >= 0.6 is 11.6 Å². The Labute approximate surface area is 211 Å². The number of hydrogen-bond acceptors (Lipinski definition) is 6. The number of nitrogen functional groups attached to an aromatic ring is 1. The van der Waals surface area contributed by atoms with Gasteiger partial charge in [0.1, 0.15) is 5.82 Å². The molecule has 7 nitrogen and oxygen atoms in total. The smallest absolute Gasteiger partial charge is 0.330 e. The van der Waals surface area contributed by atoms with Crippen molar-refractivity contribution in [1.82, 2.24) is 14.8 Å². The van der Waals surface area contributed by atoms with E-state index < -0.39 is 0 Å². The van der Waals surface area contributed by atoms with Crippen LogP contribution in [0, 0.1) is 11.8 Å². The number of nitrogens with zero attached hydrogens (tertiary/aromatic N) is 3. The molecular weight excluding hydrogens is 464 g/mol. The summed E-state index contributed by atoms with van der Waals surface area (Å²) in [4.78, 5) is 33.7. The van der Waals surface area contributed by atoms with Crippen LogP contribution in [-0.2, 0) is 20.9 Å². The molecule has 186 valence electrons. The molecule has 0 unspecified atom stereocenters. The number of allylic oxidation sites excluding steroid dienone is 1. The molecular formula is C27H33ClN4O3. The summed E-state index contributed by atoms with van der Waals surface area (Å²) in [6.45, 7) is 4.03. The van der Waals surface area contributed by atoms with Gasteiger partial charge in [0.15, 0.2) is 0 Å². The van der Waals surface area contributed by atoms with E-state index in [-0.39, 0.29) is 23.7 Å². The van der Waals surface area contributed by atoms with Crippen LogP contribution in [0.2, 0.25) is 5.02 Å². The first kappa shape index (κ1) is 25.2. The minimum atomic E-state index is -0.366. The van der Waals surface area contributed by atoms with E-state index in [1.54, 1.807) is 12.3 Å². The fourth-order valence-electron chi connectivity index (χ4n) is 5.12. The van der Waals surface area contributed by atoms with Gasteiger partial charge in [-0.25, -0.2) is 9.78 Å². The number of halogens is 1. The highest BCUT2D eigenvalue weighted by Gasteiger charge is 2.32. The summed E-state index contributed by atoms with van der Waals surface area (Å²) in [6.07, 6.45) is 6.70. The second-order valence-electron chi connectivity index (χ2n) is 9.37. The molecule has 0 bridgehead atoms. The van der Waals surface area contributed by atoms with Gasteiger partial charge in [-0.1, -0.05) is 23.7 Å². The van der Waals surface area contributed by atoms with E-state index in [1.165, 1.54) is 7.11 Å². The van der Waals surface area contributed by atoms with Crippen molar-refractivity contribution < 1.29 is 14.3 Å². The van der Waals surface area contributed by atoms with Crippen molar-refractivity contribution >= 4 is 34.9 Å². The summed E-state index contributed by atoms with van der Waals surface area (Å²) in [5.41, 5.74) is 8.86. The number of methoxy groups -OCH3 is 1. The van der Waals surface area contributed by atoms with Crippen LogP contribution in [0.1, 0.15) is 36.8 Å². The summed E-state index contributed by atoms with van der Waals surface area (Å²) in [5.74, 6) is 0.702. The number of amides is 1. The first-order valence-corrected chi connectivity index (χ1v) is 12.6. The van der Waals surface area contributed by atoms with Gasteiger partial charge in [-0.05, 0) is 85.7 Å². The zero-order valence-corrected chi connectivity index (χ0v) is 20.9. The van der Waals surface area contributed by atoms with Crippen molar-refractivity contribution in [3.8, 4) is 0 Å². The van der Waals surface area contributed by atoms with E-state index >= 15 is 0 Å². The summed E-state index contributed by atoms with van der Waals surface area (Å²) in [6, 6.07) is 11.4. The molecule has 2 N–H and O–H groups in total. The van der Waals surface area contributed by atoms with Gasteiger partial charge in [0.25, 0.3) is 0 Å². The second kappa shape index (κ2) is 11.7. The van der Waals surface area contributed by atoms with Crippen molar-refractivity contribution in [1.29, 1.82) is 0 Å². The highest BCUT2D eigenvalue weighted by Crippen LogP contribution is 2.34. The predicted octanol–water partition coefficient (Wildman–Crippen LogP) is 4.02. The van der Waals surface area contributed by atoms with E-state index in [9.17, 15) is 9.59 Å². The van der Waals surface area contributed by atoms with Crippen LogP contribution < -0.4 is 5.73 Å². The minimum absolute atomic E-state index is 0.0756. The quantitative estimate of drug-likeness (QED) is 0.480. The zero-order valence-electron chi connectivity index (χ0n) is 20.2. The molecule has 0 radical (unpaired) electrons. The Bertz CT molecular complexity index is 1060. The van der Waals surface area contributed by atoms with Gasteiger partial charge in [0, 0.05) is 42.8 Å². The van der Waals surface area contributed by atoms with Gasteiger partial charge < -0.3 is 15.4 Å². The maximum absolute atomic E-state index is 13.3. The third-order valence-electron chi connectivity index (χ3n) is 7.09. The number of carbonyl (C=O) groups excluding carboxylic acids is 2. The number of nitrogens with two attached hydrogens (primary N) is 1. The molecule has 3 heterocycles. The molecule has 0 spiro atoms. The number of esters is 1. The van der Waals surface area contributed by atoms with Gasteiger partial charge in [-0.3, -0.25) is 9.69 Å². The van der Waals surface area contributed by atoms with E-state index in [0.717, 1.165) is 62.0 Å². The summed E-state index contributed by atoms with van der Waals surface area (Å²) in [7, 11) is 1.39. The maximum Gasteiger partial charge on any atom is 0.330 e. The van der Waals surface area contributed by atoms with Gasteiger partial charge >= 0.3 is 5.97 Å². The van der Waals surface area contributed by atoms with E-state index in [2.05, 4.69) is 9.88 Å². The molecule has 2 saturated heterocycles. The Morgan fingerprint density at radius 3 is 2.34 bits per heavy atom. The van der Waals surface area contributed by atoms with Crippen LogP contribution in [-0.4, -0.2) is 59.9 Å². The Balaban J connectivity index is 1.31. The number of anilines is 1. The fraction of sp³-hybridized carbons (Fsp3) is 0.444. The summed E-state index contributed by atoms with van der Waals surface area (Å²) >= 11 is 6.05. The lowest BCUT2D eigenvalue weighted by Gasteiger charge is -2.38. The van der Waals surface area contributed by atoms with Crippen LogP contribution in [0.25, 0.3) is 5.57 Å². The monoisotopic (exact) mass is 496 g/mol. The average molecular weight is 497 g/mol. The number of hydrogen-bond donors (Lipinski definition) is 1. The highest BCUT2D eigenvalue weighted by atomic mass is 35.5. The standard InChI is InChI=1S/C27H33ClN4O3/c1-35-26(33)17-24(20-2-4-23(28)5-3-20)21-9-14-32(15-10-21)27(34)22-7-12-31(13-8-22)18-19-6-11-30-25(29)16-19/h2-6,11,16-17,21-22H,7-10,12-15,18H2,1H3,(H2,29,30). The molecule has 0 saturated carbocycles. The van der Waals surface area contributed by atoms with E-state index in [0.29, 0.717) is 23.9 Å². The second-order valence-corrected chi connectivity index (χ2v) is 9.81. The first-order valence-electron chi connectivity index (χ1n) is 12.2. The lowest BCUT2D eigenvalue weighted by atomic mass is 9.84. The van der Waals surface area contributed by atoms with E-state index in [4.69, 9.17) is 22.1 Å². The number of ether oxygens (including phenoxy) is 1. The number of benzene rings is 1. The molecule has 2 aliphatic rings. The molecule has 4 rings (SSSR count). The zero-order chi connectivity index (χ0) is 24.8. The molecule has 2 aromatic rings. The van der Waals surface area contributed by atoms with Crippen molar-refractivity contribution in [2.45, 2.75) is 32.2 Å². The summed E-state index contributed by atoms with van der Waals surface area (Å²) in [5, 5.41) is 0.655. The van der Waals surface area contributed by atoms with Crippen LogP contribution in [0.5, 0.6) is 0 Å². The van der Waals surface area contributed by atoms with Gasteiger partial charge in [0.05, 0.1) is 7.11 Å². The molecule has 0 aliphatic carbocycles. The lowest BCUT2D eigenvalue weighted by Crippen LogP contribution is -2.45. The van der Waals surface area contributed by atoms with Crippen molar-refractivity contribution in [3.05, 3.63) is 64.8 Å². The van der Waals surface area contributed by atoms with Crippen molar-refractivity contribution in [2.75, 3.05) is 39.0 Å². The Morgan fingerprint density at radius 1 is 1.06 bits per heavy atom. The number of pyridine rings is 1. The molecule has 2 aliphatic heterocycles. The normalized spacial score (nSPS) is 18.5. The predicted molar refractivity (Wildman–Crippen MR) is 137 cm³/mol. The van der Waals surface area contributed by atoms with Gasteiger partial charge in [0.2, 0.25) is 5.91 Å². The lowest BCUT2D eigenvalue weighted by molar-refractivity contribution is -0.138. The fourth-order valence-corrected chi connectivity index (χ4v) is 5.25. The average Bonchev–Trinajstić information content (AvgIpc) is 2.88. The van der Waals surface area contributed by atoms with E-state index in [1.807, 2.05) is 41.3 Å². The molecule has 1 aromatic heterocycles. The Hall–Kier alpha value is -2.90. The number of aromatic nitrogens is 1. The molecule has 1 aromatic carbocycles. The van der Waals surface area contributed by atoms with Crippen LogP contribution in [0.3, 0.4) is 0 Å². The SMILES string of the molecule is COC(=O)C=C(c1ccc(Cl)cc1)C1CCN(C(=O)C2CCN(Cc3ccnc(N)c3)CC2)CC1. The molecule has 0 atom stereocenters. The number of rotatable bonds is 6. The maximum atomic E-state index is 13.3. The third kappa shape index (κ3) is 6.61. The number of likely N-dealkylation sites (tertiary alicyclic amines) is 2. The van der Waals surface area contributed by atoms with Crippen molar-refractivity contribution in [2.24, 2.45) is 11.8 Å². The summed E-state index contributed by atoms with van der Waals surface area (Å²) < 4.78 is 4.89. The molecule has 2 fully saturated rings. The van der Waals surface area contributed by atoms with Crippen LogP contribution in [0.4, 0.5) is 5.82 Å². The van der Waals surface area contributed by atoms with Gasteiger partial charge in [-0.2, -0.15) is 0 Å². The Kier molecular flexibility index (Phi) is 8.42. The third-order valence-corrected chi connectivity index (χ3v) is 7.34. The number of carbonyl (C=O) groups is 2. The molecule has 8 heteroatoms.